The highest BCUT2D eigenvalue weighted by molar-refractivity contribution is 5.84. The van der Waals surface area contributed by atoms with Crippen LogP contribution in [0.1, 0.15) is 38.8 Å². The summed E-state index contributed by atoms with van der Waals surface area (Å²) in [5.41, 5.74) is 1.12. The lowest BCUT2D eigenvalue weighted by molar-refractivity contribution is -0.128. The number of carbonyl (C=O) groups excluding carboxylic acids is 1. The molecule has 3 heteroatoms. The Labute approximate surface area is 161 Å². The third-order valence-corrected chi connectivity index (χ3v) is 4.63. The predicted octanol–water partition coefficient (Wildman–Crippen LogP) is 5.51. The van der Waals surface area contributed by atoms with Crippen molar-refractivity contribution in [1.82, 2.24) is 5.32 Å². The van der Waals surface area contributed by atoms with Crippen LogP contribution in [0.25, 0.3) is 10.8 Å². The first-order chi connectivity index (χ1) is 13.0. The molecule has 2 atom stereocenters. The molecule has 27 heavy (non-hydrogen) atoms. The van der Waals surface area contributed by atoms with Gasteiger partial charge in [0.25, 0.3) is 5.91 Å². The van der Waals surface area contributed by atoms with Crippen LogP contribution in [0.3, 0.4) is 0 Å². The average molecular weight is 361 g/mol. The summed E-state index contributed by atoms with van der Waals surface area (Å²) in [7, 11) is 0. The molecule has 0 saturated heterocycles. The van der Waals surface area contributed by atoms with Crippen molar-refractivity contribution >= 4 is 16.7 Å². The fraction of sp³-hybridized carbons (Fsp3) is 0.292. The molecule has 0 unspecified atom stereocenters. The van der Waals surface area contributed by atoms with Crippen LogP contribution in [-0.2, 0) is 4.79 Å². The maximum atomic E-state index is 12.7. The molecule has 0 aliphatic carbocycles. The molecule has 1 N–H and O–H groups in total. The van der Waals surface area contributed by atoms with Crippen molar-refractivity contribution in [2.75, 3.05) is 0 Å². The zero-order valence-electron chi connectivity index (χ0n) is 16.2. The maximum Gasteiger partial charge on any atom is 0.261 e. The SMILES string of the molecule is CC(C)C[C@@H](NC(=O)[C@@H](C)Oc1ccc2ccccc2c1)c1ccccc1. The summed E-state index contributed by atoms with van der Waals surface area (Å²) in [5.74, 6) is 1.08. The molecular formula is C24H27NO2. The van der Waals surface area contributed by atoms with E-state index in [0.717, 1.165) is 22.8 Å². The first kappa shape index (κ1) is 19.0. The van der Waals surface area contributed by atoms with Gasteiger partial charge >= 0.3 is 0 Å². The van der Waals surface area contributed by atoms with E-state index in [1.165, 1.54) is 0 Å². The van der Waals surface area contributed by atoms with Crippen molar-refractivity contribution in [1.29, 1.82) is 0 Å². The van der Waals surface area contributed by atoms with Gasteiger partial charge in [-0.15, -0.1) is 0 Å². The normalized spacial score (nSPS) is 13.3. The first-order valence-electron chi connectivity index (χ1n) is 9.53. The summed E-state index contributed by atoms with van der Waals surface area (Å²) < 4.78 is 5.91. The van der Waals surface area contributed by atoms with E-state index >= 15 is 0 Å². The summed E-state index contributed by atoms with van der Waals surface area (Å²) in [6.45, 7) is 6.12. The van der Waals surface area contributed by atoms with Gasteiger partial charge in [-0.25, -0.2) is 0 Å². The molecule has 0 aliphatic heterocycles. The van der Waals surface area contributed by atoms with Crippen LogP contribution in [0.5, 0.6) is 5.75 Å². The Morgan fingerprint density at radius 3 is 2.26 bits per heavy atom. The highest BCUT2D eigenvalue weighted by Crippen LogP contribution is 2.23. The smallest absolute Gasteiger partial charge is 0.261 e. The third-order valence-electron chi connectivity index (χ3n) is 4.63. The predicted molar refractivity (Wildman–Crippen MR) is 111 cm³/mol. The molecule has 0 radical (unpaired) electrons. The third kappa shape index (κ3) is 5.10. The second-order valence-corrected chi connectivity index (χ2v) is 7.37. The molecule has 0 saturated carbocycles. The van der Waals surface area contributed by atoms with E-state index in [9.17, 15) is 4.79 Å². The zero-order valence-corrected chi connectivity index (χ0v) is 16.2. The molecular weight excluding hydrogens is 334 g/mol. The average Bonchev–Trinajstić information content (AvgIpc) is 2.67. The minimum absolute atomic E-state index is 0.0126. The molecule has 1 amide bonds. The topological polar surface area (TPSA) is 38.3 Å². The van der Waals surface area contributed by atoms with Gasteiger partial charge in [0, 0.05) is 0 Å². The van der Waals surface area contributed by atoms with E-state index in [1.54, 1.807) is 6.92 Å². The van der Waals surface area contributed by atoms with Crippen molar-refractivity contribution in [3.8, 4) is 5.75 Å². The molecule has 3 nitrogen and oxygen atoms in total. The summed E-state index contributed by atoms with van der Waals surface area (Å²) >= 11 is 0. The van der Waals surface area contributed by atoms with Crippen LogP contribution < -0.4 is 10.1 Å². The maximum absolute atomic E-state index is 12.7. The number of rotatable bonds is 7. The summed E-state index contributed by atoms with van der Waals surface area (Å²) in [6, 6.07) is 24.1. The number of fused-ring (bicyclic) bond motifs is 1. The Bertz CT molecular complexity index is 889. The largest absolute Gasteiger partial charge is 0.481 e. The number of nitrogens with one attached hydrogen (secondary N) is 1. The van der Waals surface area contributed by atoms with E-state index < -0.39 is 6.10 Å². The van der Waals surface area contributed by atoms with E-state index in [-0.39, 0.29) is 11.9 Å². The second-order valence-electron chi connectivity index (χ2n) is 7.37. The lowest BCUT2D eigenvalue weighted by Crippen LogP contribution is -2.39. The van der Waals surface area contributed by atoms with Crippen molar-refractivity contribution in [2.45, 2.75) is 39.3 Å². The lowest BCUT2D eigenvalue weighted by atomic mass is 9.97. The van der Waals surface area contributed by atoms with Crippen LogP contribution in [0, 0.1) is 5.92 Å². The van der Waals surface area contributed by atoms with E-state index in [2.05, 4.69) is 37.4 Å². The highest BCUT2D eigenvalue weighted by atomic mass is 16.5. The first-order valence-corrected chi connectivity index (χ1v) is 9.53. The number of amides is 1. The Kier molecular flexibility index (Phi) is 6.12. The monoisotopic (exact) mass is 361 g/mol. The van der Waals surface area contributed by atoms with Gasteiger partial charge in [0.05, 0.1) is 6.04 Å². The molecule has 0 aliphatic rings. The standard InChI is InChI=1S/C24H27NO2/c1-17(2)15-23(20-10-5-4-6-11-20)25-24(26)18(3)27-22-14-13-19-9-7-8-12-21(19)16-22/h4-14,16-18,23H,15H2,1-3H3,(H,25,26)/t18-,23-/m1/s1. The van der Waals surface area contributed by atoms with Crippen molar-refractivity contribution in [3.05, 3.63) is 78.4 Å². The van der Waals surface area contributed by atoms with Gasteiger partial charge in [0.2, 0.25) is 0 Å². The minimum Gasteiger partial charge on any atom is -0.481 e. The molecule has 3 aromatic rings. The Hall–Kier alpha value is -2.81. The quantitative estimate of drug-likeness (QED) is 0.602. The molecule has 0 fully saturated rings. The fourth-order valence-corrected chi connectivity index (χ4v) is 3.22. The molecule has 0 heterocycles. The van der Waals surface area contributed by atoms with Gasteiger partial charge in [-0.3, -0.25) is 4.79 Å². The van der Waals surface area contributed by atoms with E-state index in [1.807, 2.05) is 54.6 Å². The molecule has 0 aromatic heterocycles. The van der Waals surface area contributed by atoms with Crippen molar-refractivity contribution in [2.24, 2.45) is 5.92 Å². The molecule has 140 valence electrons. The van der Waals surface area contributed by atoms with Gasteiger partial charge < -0.3 is 10.1 Å². The van der Waals surface area contributed by atoms with Crippen LogP contribution in [-0.4, -0.2) is 12.0 Å². The number of carbonyl (C=O) groups is 1. The molecule has 3 rings (SSSR count). The second kappa shape index (κ2) is 8.72. The molecule has 0 spiro atoms. The highest BCUT2D eigenvalue weighted by Gasteiger charge is 2.21. The summed E-state index contributed by atoms with van der Waals surface area (Å²) in [5, 5.41) is 5.41. The van der Waals surface area contributed by atoms with Crippen LogP contribution in [0.4, 0.5) is 0 Å². The lowest BCUT2D eigenvalue weighted by Gasteiger charge is -2.23. The van der Waals surface area contributed by atoms with Crippen molar-refractivity contribution in [3.63, 3.8) is 0 Å². The number of benzene rings is 3. The van der Waals surface area contributed by atoms with E-state index in [0.29, 0.717) is 11.7 Å². The number of ether oxygens (including phenoxy) is 1. The number of hydrogen-bond acceptors (Lipinski definition) is 2. The van der Waals surface area contributed by atoms with E-state index in [4.69, 9.17) is 4.74 Å². The zero-order chi connectivity index (χ0) is 19.2. The molecule has 3 aromatic carbocycles. The van der Waals surface area contributed by atoms with Crippen LogP contribution in [0.15, 0.2) is 72.8 Å². The van der Waals surface area contributed by atoms with Crippen LogP contribution in [0.2, 0.25) is 0 Å². The Balaban J connectivity index is 1.69. The molecule has 0 bridgehead atoms. The van der Waals surface area contributed by atoms with Crippen LogP contribution >= 0.6 is 0 Å². The fourth-order valence-electron chi connectivity index (χ4n) is 3.22. The van der Waals surface area contributed by atoms with Gasteiger partial charge in [-0.1, -0.05) is 74.5 Å². The summed E-state index contributed by atoms with van der Waals surface area (Å²) in [6.07, 6.45) is 0.322. The number of hydrogen-bond donors (Lipinski definition) is 1. The van der Waals surface area contributed by atoms with Crippen molar-refractivity contribution < 1.29 is 9.53 Å². The Morgan fingerprint density at radius 2 is 1.56 bits per heavy atom. The summed E-state index contributed by atoms with van der Waals surface area (Å²) in [4.78, 5) is 12.7. The van der Waals surface area contributed by atoms with Gasteiger partial charge in [-0.05, 0) is 47.7 Å². The van der Waals surface area contributed by atoms with Gasteiger partial charge in [0.1, 0.15) is 5.75 Å². The Morgan fingerprint density at radius 1 is 0.889 bits per heavy atom. The van der Waals surface area contributed by atoms with Gasteiger partial charge in [-0.2, -0.15) is 0 Å². The van der Waals surface area contributed by atoms with Gasteiger partial charge in [0.15, 0.2) is 6.10 Å². The minimum atomic E-state index is -0.565.